The second-order valence-electron chi connectivity index (χ2n) is 4.16. The molecule has 0 unspecified atom stereocenters. The average molecular weight is 240 g/mol. The fourth-order valence-corrected chi connectivity index (χ4v) is 3.40. The van der Waals surface area contributed by atoms with E-state index in [0.717, 1.165) is 0 Å². The van der Waals surface area contributed by atoms with Crippen LogP contribution >= 0.6 is 11.8 Å². The molecule has 0 atom stereocenters. The van der Waals surface area contributed by atoms with E-state index >= 15 is 0 Å². The SMILES string of the molecule is CC(=O)SC1c2ccccc2-c2ccccc21. The molecule has 1 aliphatic carbocycles. The maximum atomic E-state index is 11.4. The van der Waals surface area contributed by atoms with E-state index in [1.165, 1.54) is 34.0 Å². The molecule has 0 bridgehead atoms. The molecule has 2 aromatic rings. The molecule has 0 radical (unpaired) electrons. The summed E-state index contributed by atoms with van der Waals surface area (Å²) in [7, 11) is 0. The Labute approximate surface area is 105 Å². The summed E-state index contributed by atoms with van der Waals surface area (Å²) in [6, 6.07) is 16.7. The maximum Gasteiger partial charge on any atom is 0.186 e. The van der Waals surface area contributed by atoms with Gasteiger partial charge in [0.1, 0.15) is 0 Å². The van der Waals surface area contributed by atoms with Gasteiger partial charge in [0.05, 0.1) is 5.25 Å². The van der Waals surface area contributed by atoms with Crippen LogP contribution in [0.4, 0.5) is 0 Å². The fourth-order valence-electron chi connectivity index (χ4n) is 2.40. The van der Waals surface area contributed by atoms with Crippen molar-refractivity contribution in [1.82, 2.24) is 0 Å². The molecule has 0 aliphatic heterocycles. The molecular formula is C15H12OS. The fraction of sp³-hybridized carbons (Fsp3) is 0.133. The second kappa shape index (κ2) is 4.04. The molecule has 0 saturated heterocycles. The molecular weight excluding hydrogens is 228 g/mol. The van der Waals surface area contributed by atoms with Crippen molar-refractivity contribution in [3.63, 3.8) is 0 Å². The summed E-state index contributed by atoms with van der Waals surface area (Å²) < 4.78 is 0. The van der Waals surface area contributed by atoms with Crippen LogP contribution in [-0.4, -0.2) is 5.12 Å². The molecule has 1 aliphatic rings. The lowest BCUT2D eigenvalue weighted by atomic mass is 10.1. The highest BCUT2D eigenvalue weighted by molar-refractivity contribution is 8.13. The Morgan fingerprint density at radius 3 is 1.88 bits per heavy atom. The van der Waals surface area contributed by atoms with Gasteiger partial charge in [0, 0.05) is 6.92 Å². The predicted molar refractivity (Wildman–Crippen MR) is 72.0 cm³/mol. The van der Waals surface area contributed by atoms with Crippen LogP contribution in [-0.2, 0) is 4.79 Å². The molecule has 2 heteroatoms. The van der Waals surface area contributed by atoms with Gasteiger partial charge >= 0.3 is 0 Å². The molecule has 1 nitrogen and oxygen atoms in total. The lowest BCUT2D eigenvalue weighted by Crippen LogP contribution is -1.94. The van der Waals surface area contributed by atoms with Gasteiger partial charge in [-0.25, -0.2) is 0 Å². The Morgan fingerprint density at radius 2 is 1.41 bits per heavy atom. The summed E-state index contributed by atoms with van der Waals surface area (Å²) in [6.07, 6.45) is 0. The van der Waals surface area contributed by atoms with Gasteiger partial charge in [-0.15, -0.1) is 0 Å². The molecule has 0 saturated carbocycles. The molecule has 0 fully saturated rings. The minimum absolute atomic E-state index is 0.167. The summed E-state index contributed by atoms with van der Waals surface area (Å²) in [6.45, 7) is 1.63. The Hall–Kier alpha value is -1.54. The van der Waals surface area contributed by atoms with Crippen molar-refractivity contribution in [3.8, 4) is 11.1 Å². The van der Waals surface area contributed by atoms with Gasteiger partial charge in [0.15, 0.2) is 5.12 Å². The normalized spacial score (nSPS) is 13.2. The second-order valence-corrected chi connectivity index (χ2v) is 5.45. The van der Waals surface area contributed by atoms with E-state index in [2.05, 4.69) is 36.4 Å². The number of hydrogen-bond donors (Lipinski definition) is 0. The first kappa shape index (κ1) is 10.6. The number of rotatable bonds is 1. The Bertz CT molecular complexity index is 543. The first-order chi connectivity index (χ1) is 8.27. The minimum Gasteiger partial charge on any atom is -0.288 e. The van der Waals surface area contributed by atoms with Crippen molar-refractivity contribution in [2.75, 3.05) is 0 Å². The molecule has 0 N–H and O–H groups in total. The zero-order chi connectivity index (χ0) is 11.8. The molecule has 0 aromatic heterocycles. The maximum absolute atomic E-state index is 11.4. The summed E-state index contributed by atoms with van der Waals surface area (Å²) in [5, 5.41) is 0.335. The zero-order valence-corrected chi connectivity index (χ0v) is 10.3. The van der Waals surface area contributed by atoms with Crippen molar-refractivity contribution in [3.05, 3.63) is 59.7 Å². The van der Waals surface area contributed by atoms with E-state index in [-0.39, 0.29) is 10.4 Å². The number of fused-ring (bicyclic) bond motifs is 3. The summed E-state index contributed by atoms with van der Waals surface area (Å²) in [4.78, 5) is 11.4. The number of benzene rings is 2. The molecule has 0 spiro atoms. The van der Waals surface area contributed by atoms with Crippen LogP contribution in [0.15, 0.2) is 48.5 Å². The average Bonchev–Trinajstić information content (AvgIpc) is 2.65. The van der Waals surface area contributed by atoms with Crippen LogP contribution in [0.5, 0.6) is 0 Å². The van der Waals surface area contributed by atoms with Crippen LogP contribution in [0.3, 0.4) is 0 Å². The quantitative estimate of drug-likeness (QED) is 0.748. The van der Waals surface area contributed by atoms with Crippen molar-refractivity contribution >= 4 is 16.9 Å². The van der Waals surface area contributed by atoms with Gasteiger partial charge < -0.3 is 0 Å². The molecule has 84 valence electrons. The van der Waals surface area contributed by atoms with Gasteiger partial charge in [-0.2, -0.15) is 0 Å². The van der Waals surface area contributed by atoms with E-state index < -0.39 is 0 Å². The van der Waals surface area contributed by atoms with Crippen molar-refractivity contribution in [1.29, 1.82) is 0 Å². The first-order valence-electron chi connectivity index (χ1n) is 5.63. The topological polar surface area (TPSA) is 17.1 Å². The van der Waals surface area contributed by atoms with Crippen LogP contribution in [0, 0.1) is 0 Å². The van der Waals surface area contributed by atoms with Crippen LogP contribution in [0.25, 0.3) is 11.1 Å². The lowest BCUT2D eigenvalue weighted by molar-refractivity contribution is -0.109. The summed E-state index contributed by atoms with van der Waals surface area (Å²) in [5.74, 6) is 0. The zero-order valence-electron chi connectivity index (χ0n) is 9.51. The third-order valence-corrected chi connectivity index (χ3v) is 4.14. The van der Waals surface area contributed by atoms with Crippen LogP contribution in [0.1, 0.15) is 23.3 Å². The van der Waals surface area contributed by atoms with E-state index in [4.69, 9.17) is 0 Å². The minimum atomic E-state index is 0.167. The highest BCUT2D eigenvalue weighted by Crippen LogP contribution is 2.49. The number of carbonyl (C=O) groups is 1. The highest BCUT2D eigenvalue weighted by Gasteiger charge is 2.29. The molecule has 2 aromatic carbocycles. The third-order valence-electron chi connectivity index (χ3n) is 3.06. The van der Waals surface area contributed by atoms with Crippen LogP contribution < -0.4 is 0 Å². The largest absolute Gasteiger partial charge is 0.288 e. The van der Waals surface area contributed by atoms with Crippen molar-refractivity contribution < 1.29 is 4.79 Å². The number of carbonyl (C=O) groups excluding carboxylic acids is 1. The monoisotopic (exact) mass is 240 g/mol. The number of thioether (sulfide) groups is 1. The van der Waals surface area contributed by atoms with Crippen molar-refractivity contribution in [2.24, 2.45) is 0 Å². The van der Waals surface area contributed by atoms with Crippen LogP contribution in [0.2, 0.25) is 0 Å². The van der Waals surface area contributed by atoms with E-state index in [0.29, 0.717) is 0 Å². The van der Waals surface area contributed by atoms with Crippen molar-refractivity contribution in [2.45, 2.75) is 12.2 Å². The van der Waals surface area contributed by atoms with E-state index in [1.54, 1.807) is 6.92 Å². The number of hydrogen-bond acceptors (Lipinski definition) is 2. The van der Waals surface area contributed by atoms with Gasteiger partial charge in [0.25, 0.3) is 0 Å². The van der Waals surface area contributed by atoms with Gasteiger partial charge in [0.2, 0.25) is 0 Å². The molecule has 0 heterocycles. The van der Waals surface area contributed by atoms with Gasteiger partial charge in [-0.3, -0.25) is 4.79 Å². The highest BCUT2D eigenvalue weighted by atomic mass is 32.2. The standard InChI is InChI=1S/C15H12OS/c1-10(16)17-15-13-8-4-2-6-11(13)12-7-3-5-9-14(12)15/h2-9,15H,1H3. The Kier molecular flexibility index (Phi) is 2.52. The first-order valence-corrected chi connectivity index (χ1v) is 6.51. The van der Waals surface area contributed by atoms with E-state index in [9.17, 15) is 4.79 Å². The van der Waals surface area contributed by atoms with Gasteiger partial charge in [-0.05, 0) is 22.3 Å². The summed E-state index contributed by atoms with van der Waals surface area (Å²) >= 11 is 1.41. The summed E-state index contributed by atoms with van der Waals surface area (Å²) in [5.41, 5.74) is 5.05. The van der Waals surface area contributed by atoms with E-state index in [1.807, 2.05) is 12.1 Å². The smallest absolute Gasteiger partial charge is 0.186 e. The van der Waals surface area contributed by atoms with Gasteiger partial charge in [-0.1, -0.05) is 60.3 Å². The molecule has 0 amide bonds. The Morgan fingerprint density at radius 1 is 0.941 bits per heavy atom. The third kappa shape index (κ3) is 1.69. The molecule has 17 heavy (non-hydrogen) atoms. The predicted octanol–water partition coefficient (Wildman–Crippen LogP) is 4.04. The lowest BCUT2D eigenvalue weighted by Gasteiger charge is -2.10. The molecule has 3 rings (SSSR count). The Balaban J connectivity index is 2.20.